The molecule has 142 valence electrons. The maximum absolute atomic E-state index is 12.2. The molecule has 1 aliphatic carbocycles. The van der Waals surface area contributed by atoms with E-state index in [0.29, 0.717) is 10.8 Å². The Balaban J connectivity index is 1.53. The number of rotatable bonds is 5. The molecule has 1 aliphatic rings. The van der Waals surface area contributed by atoms with E-state index in [4.69, 9.17) is 4.42 Å². The molecule has 1 atom stereocenters. The van der Waals surface area contributed by atoms with Crippen molar-refractivity contribution in [1.82, 2.24) is 10.9 Å². The van der Waals surface area contributed by atoms with Gasteiger partial charge in [0.2, 0.25) is 0 Å². The van der Waals surface area contributed by atoms with Gasteiger partial charge in [0.25, 0.3) is 11.8 Å². The van der Waals surface area contributed by atoms with Crippen molar-refractivity contribution in [3.63, 3.8) is 0 Å². The number of nitro groups is 1. The minimum absolute atomic E-state index is 0.166. The summed E-state index contributed by atoms with van der Waals surface area (Å²) in [4.78, 5) is 35.7. The number of carbonyl (C=O) groups excluding carboxylic acids is 2. The fourth-order valence-electron chi connectivity index (χ4n) is 2.97. The summed E-state index contributed by atoms with van der Waals surface area (Å²) in [6.07, 6.45) is 6.68. The second-order valence-corrected chi connectivity index (χ2v) is 7.42. The first-order chi connectivity index (χ1) is 13.0. The number of thiophene rings is 1. The second-order valence-electron chi connectivity index (χ2n) is 6.29. The molecule has 0 saturated carbocycles. The third kappa shape index (κ3) is 4.62. The summed E-state index contributed by atoms with van der Waals surface area (Å²) in [6.45, 7) is 2.18. The van der Waals surface area contributed by atoms with Crippen LogP contribution in [-0.4, -0.2) is 16.7 Å². The Morgan fingerprint density at radius 1 is 1.41 bits per heavy atom. The summed E-state index contributed by atoms with van der Waals surface area (Å²) in [5, 5.41) is 10.5. The number of amides is 2. The molecule has 0 bridgehead atoms. The van der Waals surface area contributed by atoms with Gasteiger partial charge in [0, 0.05) is 11.0 Å². The summed E-state index contributed by atoms with van der Waals surface area (Å²) >= 11 is 1.46. The number of fused-ring (bicyclic) bond motifs is 1. The van der Waals surface area contributed by atoms with E-state index in [0.717, 1.165) is 31.8 Å². The number of aryl methyl sites for hydroxylation is 1. The minimum Gasteiger partial charge on any atom is -0.401 e. The zero-order chi connectivity index (χ0) is 19.4. The first-order valence-electron chi connectivity index (χ1n) is 8.60. The number of furan rings is 1. The molecule has 0 aromatic carbocycles. The highest BCUT2D eigenvalue weighted by molar-refractivity contribution is 7.14. The van der Waals surface area contributed by atoms with E-state index in [9.17, 15) is 19.7 Å². The highest BCUT2D eigenvalue weighted by Gasteiger charge is 2.22. The smallest absolute Gasteiger partial charge is 0.401 e. The van der Waals surface area contributed by atoms with Gasteiger partial charge in [0.05, 0.1) is 10.9 Å². The second kappa shape index (κ2) is 8.17. The van der Waals surface area contributed by atoms with Gasteiger partial charge in [-0.1, -0.05) is 13.3 Å². The molecule has 0 spiro atoms. The van der Waals surface area contributed by atoms with Crippen LogP contribution in [0.1, 0.15) is 45.6 Å². The van der Waals surface area contributed by atoms with Crippen LogP contribution in [0.25, 0.3) is 6.08 Å². The first kappa shape index (κ1) is 18.8. The lowest BCUT2D eigenvalue weighted by atomic mass is 9.87. The van der Waals surface area contributed by atoms with Crippen LogP contribution < -0.4 is 10.9 Å². The van der Waals surface area contributed by atoms with E-state index in [1.54, 1.807) is 0 Å². The van der Waals surface area contributed by atoms with Gasteiger partial charge < -0.3 is 4.42 Å². The van der Waals surface area contributed by atoms with Crippen LogP contribution in [0.15, 0.2) is 28.7 Å². The van der Waals surface area contributed by atoms with Crippen LogP contribution in [0.3, 0.4) is 0 Å². The van der Waals surface area contributed by atoms with Crippen molar-refractivity contribution in [2.24, 2.45) is 5.92 Å². The lowest BCUT2D eigenvalue weighted by Gasteiger charge is -2.19. The van der Waals surface area contributed by atoms with Crippen LogP contribution in [0.4, 0.5) is 5.88 Å². The molecule has 0 fully saturated rings. The van der Waals surface area contributed by atoms with Crippen LogP contribution in [-0.2, 0) is 17.6 Å². The summed E-state index contributed by atoms with van der Waals surface area (Å²) in [5.74, 6) is -0.507. The van der Waals surface area contributed by atoms with Gasteiger partial charge in [-0.15, -0.1) is 11.3 Å². The number of hydrogen-bond acceptors (Lipinski definition) is 6. The van der Waals surface area contributed by atoms with E-state index in [1.165, 1.54) is 40.0 Å². The Labute approximate surface area is 159 Å². The predicted octanol–water partition coefficient (Wildman–Crippen LogP) is 3.24. The molecule has 2 aromatic rings. The summed E-state index contributed by atoms with van der Waals surface area (Å²) in [5.41, 5.74) is 5.89. The van der Waals surface area contributed by atoms with Crippen molar-refractivity contribution < 1.29 is 18.9 Å². The van der Waals surface area contributed by atoms with Crippen molar-refractivity contribution in [2.75, 3.05) is 0 Å². The van der Waals surface area contributed by atoms with Crippen molar-refractivity contribution in [1.29, 1.82) is 0 Å². The van der Waals surface area contributed by atoms with E-state index >= 15 is 0 Å². The van der Waals surface area contributed by atoms with Crippen LogP contribution in [0, 0.1) is 16.0 Å². The van der Waals surface area contributed by atoms with Gasteiger partial charge in [0.15, 0.2) is 0 Å². The molecule has 27 heavy (non-hydrogen) atoms. The predicted molar refractivity (Wildman–Crippen MR) is 100 cm³/mol. The first-order valence-corrected chi connectivity index (χ1v) is 9.42. The maximum atomic E-state index is 12.2. The molecule has 0 radical (unpaired) electrons. The van der Waals surface area contributed by atoms with Gasteiger partial charge >= 0.3 is 5.88 Å². The molecule has 2 heterocycles. The minimum atomic E-state index is -0.666. The van der Waals surface area contributed by atoms with Gasteiger partial charge in [-0.3, -0.25) is 30.6 Å². The Hall–Kier alpha value is -2.94. The molecular formula is C18H19N3O5S. The van der Waals surface area contributed by atoms with Crippen molar-refractivity contribution in [3.8, 4) is 0 Å². The van der Waals surface area contributed by atoms with E-state index in [2.05, 4.69) is 17.8 Å². The molecule has 8 nitrogen and oxygen atoms in total. The number of hydrazine groups is 1. The highest BCUT2D eigenvalue weighted by atomic mass is 32.1. The number of nitrogens with zero attached hydrogens (tertiary/aromatic N) is 1. The van der Waals surface area contributed by atoms with E-state index in [1.807, 2.05) is 6.07 Å². The quantitative estimate of drug-likeness (QED) is 0.463. The van der Waals surface area contributed by atoms with E-state index < -0.39 is 16.7 Å². The largest absolute Gasteiger partial charge is 0.433 e. The molecule has 9 heteroatoms. The van der Waals surface area contributed by atoms with Crippen LogP contribution >= 0.6 is 11.3 Å². The standard InChI is InChI=1S/C18H19N3O5S/c1-2-11-3-6-14-12(9-11)10-15(27-14)18(23)20-19-16(22)7-4-13-5-8-17(26-13)21(24)25/h4-5,7-8,10-11H,2-3,6,9H2,1H3,(H,19,22)(H,20,23)/b7-4+/t11-/m1/s1. The normalized spacial score (nSPS) is 16.1. The van der Waals surface area contributed by atoms with Crippen molar-refractivity contribution in [3.05, 3.63) is 55.5 Å². The molecule has 0 aliphatic heterocycles. The fraction of sp³-hybridized carbons (Fsp3) is 0.333. The third-order valence-electron chi connectivity index (χ3n) is 4.48. The number of hydrogen-bond donors (Lipinski definition) is 2. The summed E-state index contributed by atoms with van der Waals surface area (Å²) < 4.78 is 4.90. The molecule has 2 amide bonds. The molecule has 0 saturated heterocycles. The van der Waals surface area contributed by atoms with Gasteiger partial charge in [-0.05, 0) is 49.0 Å². The van der Waals surface area contributed by atoms with E-state index in [-0.39, 0.29) is 11.7 Å². The lowest BCUT2D eigenvalue weighted by Crippen LogP contribution is -2.40. The topological polar surface area (TPSA) is 114 Å². The van der Waals surface area contributed by atoms with Crippen LogP contribution in [0.5, 0.6) is 0 Å². The molecule has 3 rings (SSSR count). The Bertz CT molecular complexity index is 899. The Morgan fingerprint density at radius 2 is 2.22 bits per heavy atom. The molecular weight excluding hydrogens is 370 g/mol. The Kier molecular flexibility index (Phi) is 5.70. The SMILES string of the molecule is CC[C@@H]1CCc2sc(C(=O)NNC(=O)/C=C/c3ccc([N+](=O)[O-])o3)cc2C1. The fourth-order valence-corrected chi connectivity index (χ4v) is 4.07. The van der Waals surface area contributed by atoms with Crippen molar-refractivity contribution >= 4 is 35.1 Å². The average molecular weight is 389 g/mol. The number of nitrogens with one attached hydrogen (secondary N) is 2. The maximum Gasteiger partial charge on any atom is 0.433 e. The average Bonchev–Trinajstić information content (AvgIpc) is 3.30. The van der Waals surface area contributed by atoms with Crippen molar-refractivity contribution in [2.45, 2.75) is 32.6 Å². The van der Waals surface area contributed by atoms with Gasteiger partial charge in [0.1, 0.15) is 10.7 Å². The monoisotopic (exact) mass is 389 g/mol. The zero-order valence-corrected chi connectivity index (χ0v) is 15.5. The molecule has 2 N–H and O–H groups in total. The summed E-state index contributed by atoms with van der Waals surface area (Å²) in [6, 6.07) is 4.47. The third-order valence-corrected chi connectivity index (χ3v) is 5.71. The Morgan fingerprint density at radius 3 is 2.93 bits per heavy atom. The lowest BCUT2D eigenvalue weighted by molar-refractivity contribution is -0.402. The number of carbonyl (C=O) groups is 2. The highest BCUT2D eigenvalue weighted by Crippen LogP contribution is 2.33. The molecule has 2 aromatic heterocycles. The van der Waals surface area contributed by atoms with Crippen LogP contribution in [0.2, 0.25) is 0 Å². The van der Waals surface area contributed by atoms with Gasteiger partial charge in [-0.25, -0.2) is 0 Å². The molecule has 0 unspecified atom stereocenters. The van der Waals surface area contributed by atoms with Gasteiger partial charge in [-0.2, -0.15) is 0 Å². The zero-order valence-electron chi connectivity index (χ0n) is 14.7. The summed E-state index contributed by atoms with van der Waals surface area (Å²) in [7, 11) is 0.